The van der Waals surface area contributed by atoms with Gasteiger partial charge in [-0.3, -0.25) is 4.79 Å². The molecule has 1 N–H and O–H groups in total. The average Bonchev–Trinajstić information content (AvgIpc) is 3.13. The van der Waals surface area contributed by atoms with E-state index in [-0.39, 0.29) is 11.9 Å². The molecule has 0 bridgehead atoms. The van der Waals surface area contributed by atoms with Crippen molar-refractivity contribution in [3.8, 4) is 0 Å². The number of carbonyl (C=O) groups excluding carboxylic acids is 1. The second-order valence-corrected chi connectivity index (χ2v) is 8.81. The molecule has 0 atom stereocenters. The molecule has 4 rings (SSSR count). The number of amides is 1. The van der Waals surface area contributed by atoms with Gasteiger partial charge in [-0.15, -0.1) is 0 Å². The highest BCUT2D eigenvalue weighted by atomic mass is 35.5. The Hall–Kier alpha value is -1.69. The Morgan fingerprint density at radius 3 is 2.76 bits per heavy atom. The molecule has 7 heteroatoms. The van der Waals surface area contributed by atoms with E-state index in [0.717, 1.165) is 57.7 Å². The molecule has 156 valence electrons. The highest BCUT2D eigenvalue weighted by Crippen LogP contribution is 2.33. The van der Waals surface area contributed by atoms with Crippen LogP contribution in [0.3, 0.4) is 0 Å². The number of nitrogens with zero attached hydrogens (tertiary/aromatic N) is 2. The van der Waals surface area contributed by atoms with Gasteiger partial charge >= 0.3 is 0 Å². The molecule has 1 aliphatic carbocycles. The van der Waals surface area contributed by atoms with Crippen LogP contribution in [0.15, 0.2) is 41.0 Å². The number of halogens is 2. The van der Waals surface area contributed by atoms with E-state index < -0.39 is 0 Å². The molecule has 2 heterocycles. The summed E-state index contributed by atoms with van der Waals surface area (Å²) in [7, 11) is 0. The second-order valence-electron chi connectivity index (χ2n) is 8.03. The van der Waals surface area contributed by atoms with Gasteiger partial charge in [0.2, 0.25) is 0 Å². The van der Waals surface area contributed by atoms with Gasteiger partial charge in [-0.25, -0.2) is 0 Å². The van der Waals surface area contributed by atoms with Gasteiger partial charge < -0.3 is 19.5 Å². The molecule has 2 aromatic rings. The third-order valence-electron chi connectivity index (χ3n) is 6.03. The van der Waals surface area contributed by atoms with Crippen LogP contribution in [0.5, 0.6) is 0 Å². The molecule has 0 unspecified atom stereocenters. The molecule has 1 saturated heterocycles. The van der Waals surface area contributed by atoms with E-state index >= 15 is 0 Å². The molecule has 0 spiro atoms. The van der Waals surface area contributed by atoms with Gasteiger partial charge in [-0.1, -0.05) is 29.3 Å². The lowest BCUT2D eigenvalue weighted by Gasteiger charge is -2.36. The van der Waals surface area contributed by atoms with Crippen LogP contribution >= 0.6 is 23.2 Å². The number of anilines is 1. The zero-order valence-electron chi connectivity index (χ0n) is 16.4. The van der Waals surface area contributed by atoms with Crippen LogP contribution < -0.4 is 10.2 Å². The number of rotatable bonds is 6. The average molecular weight is 436 g/mol. The lowest BCUT2D eigenvalue weighted by atomic mass is 9.78. The number of nitrogens with one attached hydrogen (secondary N) is 1. The molecule has 1 amide bonds. The van der Waals surface area contributed by atoms with Gasteiger partial charge in [-0.2, -0.15) is 0 Å². The quantitative estimate of drug-likeness (QED) is 0.714. The Kier molecular flexibility index (Phi) is 6.68. The Bertz CT molecular complexity index is 821. The predicted molar refractivity (Wildman–Crippen MR) is 117 cm³/mol. The van der Waals surface area contributed by atoms with E-state index in [1.165, 1.54) is 12.7 Å². The summed E-state index contributed by atoms with van der Waals surface area (Å²) in [5.41, 5.74) is 1.04. The van der Waals surface area contributed by atoms with Crippen LogP contribution in [-0.4, -0.2) is 49.6 Å². The second kappa shape index (κ2) is 9.41. The van der Waals surface area contributed by atoms with Gasteiger partial charge in [0.15, 0.2) is 5.76 Å². The smallest absolute Gasteiger partial charge is 0.287 e. The maximum atomic E-state index is 12.0. The summed E-state index contributed by atoms with van der Waals surface area (Å²) < 4.78 is 5.15. The Labute approximate surface area is 181 Å². The largest absolute Gasteiger partial charge is 0.459 e. The van der Waals surface area contributed by atoms with Gasteiger partial charge in [-0.05, 0) is 69.0 Å². The van der Waals surface area contributed by atoms with Crippen molar-refractivity contribution in [1.82, 2.24) is 10.2 Å². The zero-order valence-corrected chi connectivity index (χ0v) is 18.0. The van der Waals surface area contributed by atoms with Crippen molar-refractivity contribution >= 4 is 34.8 Å². The van der Waals surface area contributed by atoms with Crippen LogP contribution in [0.25, 0.3) is 0 Å². The fraction of sp³-hybridized carbons (Fsp3) is 0.500. The Morgan fingerprint density at radius 2 is 1.97 bits per heavy atom. The van der Waals surface area contributed by atoms with Crippen molar-refractivity contribution < 1.29 is 9.21 Å². The number of benzene rings is 1. The molecule has 0 radical (unpaired) electrons. The van der Waals surface area contributed by atoms with Crippen LogP contribution in [0, 0.1) is 5.92 Å². The lowest BCUT2D eigenvalue weighted by Crippen LogP contribution is -2.45. The van der Waals surface area contributed by atoms with Crippen LogP contribution in [0.2, 0.25) is 10.0 Å². The molecule has 2 fully saturated rings. The molecule has 29 heavy (non-hydrogen) atoms. The fourth-order valence-corrected chi connectivity index (χ4v) is 4.71. The van der Waals surface area contributed by atoms with E-state index in [1.807, 2.05) is 12.1 Å². The number of hydrogen-bond donors (Lipinski definition) is 1. The van der Waals surface area contributed by atoms with Crippen molar-refractivity contribution in [2.45, 2.75) is 31.7 Å². The van der Waals surface area contributed by atoms with Crippen molar-refractivity contribution in [3.05, 3.63) is 52.4 Å². The summed E-state index contributed by atoms with van der Waals surface area (Å²) in [5.74, 6) is 0.978. The summed E-state index contributed by atoms with van der Waals surface area (Å²) in [4.78, 5) is 16.9. The first-order chi connectivity index (χ1) is 14.1. The topological polar surface area (TPSA) is 48.7 Å². The molecule has 1 saturated carbocycles. The summed E-state index contributed by atoms with van der Waals surface area (Å²) in [6, 6.07) is 9.56. The van der Waals surface area contributed by atoms with Gasteiger partial charge in [0.25, 0.3) is 5.91 Å². The highest BCUT2D eigenvalue weighted by molar-refractivity contribution is 6.43. The van der Waals surface area contributed by atoms with Crippen molar-refractivity contribution in [2.24, 2.45) is 5.92 Å². The van der Waals surface area contributed by atoms with E-state index in [0.29, 0.717) is 21.7 Å². The minimum Gasteiger partial charge on any atom is -0.459 e. The predicted octanol–water partition coefficient (Wildman–Crippen LogP) is 4.70. The van der Waals surface area contributed by atoms with E-state index in [2.05, 4.69) is 21.2 Å². The standard InChI is InChI=1S/C22H27Cl2N3O2/c23-18-4-1-5-19(21(18)24)27-9-3-8-26(11-12-27)10-7-16-14-17(15-16)25-22(28)20-6-2-13-29-20/h1-2,4-6,13,16-17H,3,7-12,14-15H2,(H,25,28)/t16-,17+. The Balaban J connectivity index is 1.18. The fourth-order valence-electron chi connectivity index (χ4n) is 4.29. The lowest BCUT2D eigenvalue weighted by molar-refractivity contribution is 0.0851. The van der Waals surface area contributed by atoms with Crippen molar-refractivity contribution in [2.75, 3.05) is 37.6 Å². The minimum absolute atomic E-state index is 0.106. The molecule has 1 aliphatic heterocycles. The van der Waals surface area contributed by atoms with Crippen molar-refractivity contribution in [3.63, 3.8) is 0 Å². The summed E-state index contributed by atoms with van der Waals surface area (Å²) >= 11 is 12.6. The first-order valence-corrected chi connectivity index (χ1v) is 11.1. The number of furan rings is 1. The zero-order chi connectivity index (χ0) is 20.2. The first-order valence-electron chi connectivity index (χ1n) is 10.4. The molecular formula is C22H27Cl2N3O2. The molecule has 1 aromatic heterocycles. The van der Waals surface area contributed by atoms with Gasteiger partial charge in [0.1, 0.15) is 0 Å². The van der Waals surface area contributed by atoms with Gasteiger partial charge in [0, 0.05) is 25.7 Å². The third kappa shape index (κ3) is 5.08. The summed E-state index contributed by atoms with van der Waals surface area (Å²) in [6.45, 7) is 5.22. The van der Waals surface area contributed by atoms with E-state index in [4.69, 9.17) is 27.6 Å². The normalized spacial score (nSPS) is 22.8. The van der Waals surface area contributed by atoms with Crippen LogP contribution in [0.1, 0.15) is 36.2 Å². The van der Waals surface area contributed by atoms with Crippen LogP contribution in [0.4, 0.5) is 5.69 Å². The number of carbonyl (C=O) groups is 1. The summed E-state index contributed by atoms with van der Waals surface area (Å²) in [6.07, 6.45) is 5.95. The van der Waals surface area contributed by atoms with Gasteiger partial charge in [0.05, 0.1) is 22.0 Å². The van der Waals surface area contributed by atoms with E-state index in [1.54, 1.807) is 12.1 Å². The van der Waals surface area contributed by atoms with Crippen LogP contribution in [-0.2, 0) is 0 Å². The Morgan fingerprint density at radius 1 is 1.10 bits per heavy atom. The molecule has 5 nitrogen and oxygen atoms in total. The third-order valence-corrected chi connectivity index (χ3v) is 6.84. The molecule has 1 aromatic carbocycles. The molecule has 2 aliphatic rings. The molecular weight excluding hydrogens is 409 g/mol. The first kappa shape index (κ1) is 20.6. The number of hydrogen-bond acceptors (Lipinski definition) is 4. The summed E-state index contributed by atoms with van der Waals surface area (Å²) in [5, 5.41) is 4.32. The van der Waals surface area contributed by atoms with E-state index in [9.17, 15) is 4.79 Å². The monoisotopic (exact) mass is 435 g/mol. The maximum Gasteiger partial charge on any atom is 0.287 e. The SMILES string of the molecule is O=C(N[C@H]1C[C@@H](CCN2CCCN(c3cccc(Cl)c3Cl)CC2)C1)c1ccco1. The minimum atomic E-state index is -0.106. The van der Waals surface area contributed by atoms with Crippen molar-refractivity contribution in [1.29, 1.82) is 0 Å². The maximum absolute atomic E-state index is 12.0. The highest BCUT2D eigenvalue weighted by Gasteiger charge is 2.31.